The highest BCUT2D eigenvalue weighted by atomic mass is 32.2. The van der Waals surface area contributed by atoms with E-state index in [0.717, 1.165) is 6.54 Å². The molecule has 0 bridgehead atoms. The lowest BCUT2D eigenvalue weighted by Gasteiger charge is -2.24. The number of rotatable bonds is 1. The molecule has 1 nitrogen and oxygen atoms in total. The Morgan fingerprint density at radius 1 is 1.06 bits per heavy atom. The van der Waals surface area contributed by atoms with Gasteiger partial charge in [0.05, 0.1) is 0 Å². The fourth-order valence-corrected chi connectivity index (χ4v) is 3.28. The molecule has 2 aromatic rings. The van der Waals surface area contributed by atoms with Gasteiger partial charge in [-0.2, -0.15) is 11.8 Å². The Kier molecular flexibility index (Phi) is 2.85. The predicted molar refractivity (Wildman–Crippen MR) is 72.0 cm³/mol. The van der Waals surface area contributed by atoms with Crippen LogP contribution >= 0.6 is 11.8 Å². The smallest absolute Gasteiger partial charge is 0.0418 e. The molecule has 0 aliphatic carbocycles. The van der Waals surface area contributed by atoms with Gasteiger partial charge in [0.15, 0.2) is 0 Å². The van der Waals surface area contributed by atoms with Crippen molar-refractivity contribution < 1.29 is 0 Å². The second-order valence-corrected chi connectivity index (χ2v) is 5.30. The van der Waals surface area contributed by atoms with Crippen LogP contribution in [0, 0.1) is 0 Å². The molecule has 0 aromatic heterocycles. The van der Waals surface area contributed by atoms with E-state index >= 15 is 0 Å². The Hall–Kier alpha value is -0.990. The second kappa shape index (κ2) is 4.48. The van der Waals surface area contributed by atoms with Gasteiger partial charge in [-0.1, -0.05) is 42.5 Å². The molecular formula is C14H15NS. The number of thioether (sulfide) groups is 1. The summed E-state index contributed by atoms with van der Waals surface area (Å²) in [6, 6.07) is 15.8. The zero-order chi connectivity index (χ0) is 10.8. The highest BCUT2D eigenvalue weighted by Crippen LogP contribution is 2.28. The summed E-state index contributed by atoms with van der Waals surface area (Å²) in [5.74, 6) is 2.43. The number of hydrogen-bond acceptors (Lipinski definition) is 2. The molecule has 1 unspecified atom stereocenters. The van der Waals surface area contributed by atoms with Crippen LogP contribution in [-0.4, -0.2) is 18.1 Å². The van der Waals surface area contributed by atoms with Crippen LogP contribution in [0.4, 0.5) is 0 Å². The first kappa shape index (κ1) is 10.2. The summed E-state index contributed by atoms with van der Waals surface area (Å²) in [7, 11) is 0. The Morgan fingerprint density at radius 3 is 2.81 bits per heavy atom. The minimum Gasteiger partial charge on any atom is -0.308 e. The summed E-state index contributed by atoms with van der Waals surface area (Å²) in [5, 5.41) is 6.34. The molecule has 1 saturated heterocycles. The molecule has 1 heterocycles. The highest BCUT2D eigenvalue weighted by molar-refractivity contribution is 7.99. The molecule has 2 heteroatoms. The maximum Gasteiger partial charge on any atom is 0.0418 e. The van der Waals surface area contributed by atoms with Crippen molar-refractivity contribution in [1.29, 1.82) is 0 Å². The number of nitrogens with one attached hydrogen (secondary N) is 1. The molecule has 16 heavy (non-hydrogen) atoms. The minimum atomic E-state index is 0.518. The third kappa shape index (κ3) is 1.83. The zero-order valence-electron chi connectivity index (χ0n) is 9.15. The molecule has 1 atom stereocenters. The summed E-state index contributed by atoms with van der Waals surface area (Å²) in [5.41, 5.74) is 1.45. The van der Waals surface area contributed by atoms with E-state index in [9.17, 15) is 0 Å². The van der Waals surface area contributed by atoms with E-state index in [1.165, 1.54) is 27.8 Å². The van der Waals surface area contributed by atoms with Crippen LogP contribution < -0.4 is 5.32 Å². The Morgan fingerprint density at radius 2 is 1.94 bits per heavy atom. The minimum absolute atomic E-state index is 0.518. The molecule has 1 fully saturated rings. The molecule has 1 aliphatic heterocycles. The predicted octanol–water partition coefficient (Wildman–Crippen LogP) is 3.22. The van der Waals surface area contributed by atoms with E-state index in [-0.39, 0.29) is 0 Å². The maximum absolute atomic E-state index is 3.61. The maximum atomic E-state index is 3.61. The van der Waals surface area contributed by atoms with E-state index in [2.05, 4.69) is 47.8 Å². The summed E-state index contributed by atoms with van der Waals surface area (Å²) in [4.78, 5) is 0. The van der Waals surface area contributed by atoms with Crippen molar-refractivity contribution in [2.75, 3.05) is 18.1 Å². The summed E-state index contributed by atoms with van der Waals surface area (Å²) in [6.45, 7) is 1.12. The third-order valence-corrected chi connectivity index (χ3v) is 4.18. The third-order valence-electron chi connectivity index (χ3n) is 3.12. The van der Waals surface area contributed by atoms with E-state index in [1.54, 1.807) is 0 Å². The van der Waals surface area contributed by atoms with Crippen LogP contribution in [0.2, 0.25) is 0 Å². The first-order valence-electron chi connectivity index (χ1n) is 5.74. The molecule has 0 radical (unpaired) electrons. The fourth-order valence-electron chi connectivity index (χ4n) is 2.32. The van der Waals surface area contributed by atoms with Gasteiger partial charge in [0.25, 0.3) is 0 Å². The first-order valence-corrected chi connectivity index (χ1v) is 6.89. The summed E-state index contributed by atoms with van der Waals surface area (Å²) in [6.07, 6.45) is 0. The van der Waals surface area contributed by atoms with E-state index in [1.807, 2.05) is 11.8 Å². The average Bonchev–Trinajstić information content (AvgIpc) is 2.39. The van der Waals surface area contributed by atoms with Gasteiger partial charge in [-0.15, -0.1) is 0 Å². The van der Waals surface area contributed by atoms with Gasteiger partial charge in [0.1, 0.15) is 0 Å². The van der Waals surface area contributed by atoms with Gasteiger partial charge in [-0.25, -0.2) is 0 Å². The standard InChI is InChI=1S/C14H15NS/c1-2-6-12-11(4-1)5-3-7-13(12)14-10-16-9-8-15-14/h1-7,14-15H,8-10H2. The molecule has 3 rings (SSSR count). The number of fused-ring (bicyclic) bond motifs is 1. The molecule has 2 aromatic carbocycles. The van der Waals surface area contributed by atoms with E-state index in [0.29, 0.717) is 6.04 Å². The van der Waals surface area contributed by atoms with Crippen molar-refractivity contribution in [2.24, 2.45) is 0 Å². The van der Waals surface area contributed by atoms with Crippen molar-refractivity contribution in [1.82, 2.24) is 5.32 Å². The fraction of sp³-hybridized carbons (Fsp3) is 0.286. The number of benzene rings is 2. The zero-order valence-corrected chi connectivity index (χ0v) is 9.96. The summed E-state index contributed by atoms with van der Waals surface area (Å²) >= 11 is 2.04. The molecule has 0 spiro atoms. The number of hydrogen-bond donors (Lipinski definition) is 1. The normalized spacial score (nSPS) is 21.1. The molecule has 0 saturated carbocycles. The lowest BCUT2D eigenvalue weighted by Crippen LogP contribution is -2.30. The van der Waals surface area contributed by atoms with Gasteiger partial charge >= 0.3 is 0 Å². The van der Waals surface area contributed by atoms with Crippen LogP contribution in [0.25, 0.3) is 10.8 Å². The van der Waals surface area contributed by atoms with Gasteiger partial charge in [-0.3, -0.25) is 0 Å². The molecule has 0 amide bonds. The first-order chi connectivity index (χ1) is 7.95. The van der Waals surface area contributed by atoms with Crippen molar-refractivity contribution in [3.05, 3.63) is 48.0 Å². The topological polar surface area (TPSA) is 12.0 Å². The molecular weight excluding hydrogens is 214 g/mol. The average molecular weight is 229 g/mol. The SMILES string of the molecule is c1ccc2c(C3CSCCN3)cccc2c1. The lowest BCUT2D eigenvalue weighted by molar-refractivity contribution is 0.599. The lowest BCUT2D eigenvalue weighted by atomic mass is 9.99. The van der Waals surface area contributed by atoms with Crippen LogP contribution in [0.1, 0.15) is 11.6 Å². The summed E-state index contributed by atoms with van der Waals surface area (Å²) < 4.78 is 0. The molecule has 1 aliphatic rings. The van der Waals surface area contributed by atoms with Crippen molar-refractivity contribution in [2.45, 2.75) is 6.04 Å². The van der Waals surface area contributed by atoms with Crippen molar-refractivity contribution >= 4 is 22.5 Å². The second-order valence-electron chi connectivity index (χ2n) is 4.15. The van der Waals surface area contributed by atoms with Crippen LogP contribution in [0.15, 0.2) is 42.5 Å². The van der Waals surface area contributed by atoms with Crippen LogP contribution in [-0.2, 0) is 0 Å². The van der Waals surface area contributed by atoms with Crippen molar-refractivity contribution in [3.8, 4) is 0 Å². The molecule has 1 N–H and O–H groups in total. The van der Waals surface area contributed by atoms with Gasteiger partial charge in [0.2, 0.25) is 0 Å². The molecule has 82 valence electrons. The van der Waals surface area contributed by atoms with Crippen molar-refractivity contribution in [3.63, 3.8) is 0 Å². The Balaban J connectivity index is 2.08. The van der Waals surface area contributed by atoms with Gasteiger partial charge < -0.3 is 5.32 Å². The highest BCUT2D eigenvalue weighted by Gasteiger charge is 2.16. The van der Waals surface area contributed by atoms with Gasteiger partial charge in [-0.05, 0) is 16.3 Å². The van der Waals surface area contributed by atoms with E-state index in [4.69, 9.17) is 0 Å². The van der Waals surface area contributed by atoms with E-state index < -0.39 is 0 Å². The monoisotopic (exact) mass is 229 g/mol. The largest absolute Gasteiger partial charge is 0.308 e. The van der Waals surface area contributed by atoms with Gasteiger partial charge in [0, 0.05) is 24.1 Å². The van der Waals surface area contributed by atoms with Crippen LogP contribution in [0.3, 0.4) is 0 Å². The Labute approximate surface area is 100 Å². The van der Waals surface area contributed by atoms with Crippen LogP contribution in [0.5, 0.6) is 0 Å². The Bertz CT molecular complexity index is 484. The quantitative estimate of drug-likeness (QED) is 0.806.